The van der Waals surface area contributed by atoms with E-state index in [0.29, 0.717) is 16.6 Å². The van der Waals surface area contributed by atoms with Crippen molar-refractivity contribution in [3.63, 3.8) is 0 Å². The van der Waals surface area contributed by atoms with Crippen molar-refractivity contribution in [3.05, 3.63) is 36.4 Å². The van der Waals surface area contributed by atoms with Crippen molar-refractivity contribution >= 4 is 21.7 Å². The van der Waals surface area contributed by atoms with Gasteiger partial charge in [-0.15, -0.1) is 0 Å². The van der Waals surface area contributed by atoms with Gasteiger partial charge in [0.25, 0.3) is 0 Å². The van der Waals surface area contributed by atoms with Crippen LogP contribution in [0.3, 0.4) is 0 Å². The predicted molar refractivity (Wildman–Crippen MR) is 72.3 cm³/mol. The fourth-order valence-corrected chi connectivity index (χ4v) is 3.82. The molecule has 0 aliphatic rings. The van der Waals surface area contributed by atoms with Gasteiger partial charge in [0.1, 0.15) is 17.3 Å². The second kappa shape index (κ2) is 4.79. The quantitative estimate of drug-likeness (QED) is 0.804. The van der Waals surface area contributed by atoms with E-state index in [0.717, 1.165) is 5.39 Å². The molecular formula is C14H17OS+. The van der Waals surface area contributed by atoms with Gasteiger partial charge in [-0.1, -0.05) is 18.2 Å². The van der Waals surface area contributed by atoms with E-state index in [-0.39, 0.29) is 0 Å². The first-order chi connectivity index (χ1) is 7.77. The van der Waals surface area contributed by atoms with Gasteiger partial charge in [0.05, 0.1) is 0 Å². The Balaban J connectivity index is 2.66. The van der Waals surface area contributed by atoms with Crippen LogP contribution in [0.25, 0.3) is 10.8 Å². The molecule has 2 aromatic rings. The van der Waals surface area contributed by atoms with Gasteiger partial charge in [-0.3, -0.25) is 0 Å². The molecule has 1 nitrogen and oxygen atoms in total. The summed E-state index contributed by atoms with van der Waals surface area (Å²) in [4.78, 5) is 1.39. The smallest absolute Gasteiger partial charge is 0.162 e. The summed E-state index contributed by atoms with van der Waals surface area (Å²) < 4.78 is 0. The third kappa shape index (κ3) is 1.90. The number of hydrogen-bond donors (Lipinski definition) is 1. The van der Waals surface area contributed by atoms with Gasteiger partial charge < -0.3 is 5.11 Å². The van der Waals surface area contributed by atoms with Crippen LogP contribution in [0.5, 0.6) is 5.75 Å². The van der Waals surface area contributed by atoms with Crippen molar-refractivity contribution in [2.75, 3.05) is 11.5 Å². The van der Waals surface area contributed by atoms with Gasteiger partial charge in [-0.05, 0) is 32.0 Å². The molecule has 2 aromatic carbocycles. The SMILES string of the molecule is CC[S+](CC)c1cccc2c(O)cccc12. The highest BCUT2D eigenvalue weighted by Crippen LogP contribution is 2.30. The van der Waals surface area contributed by atoms with E-state index in [2.05, 4.69) is 26.0 Å². The second-order valence-corrected chi connectivity index (χ2v) is 6.28. The van der Waals surface area contributed by atoms with E-state index in [1.54, 1.807) is 6.07 Å². The van der Waals surface area contributed by atoms with E-state index < -0.39 is 0 Å². The van der Waals surface area contributed by atoms with Crippen LogP contribution in [-0.2, 0) is 10.9 Å². The lowest BCUT2D eigenvalue weighted by atomic mass is 10.1. The molecule has 0 unspecified atom stereocenters. The maximum Gasteiger partial charge on any atom is 0.162 e. The molecule has 16 heavy (non-hydrogen) atoms. The van der Waals surface area contributed by atoms with Crippen molar-refractivity contribution in [1.29, 1.82) is 0 Å². The van der Waals surface area contributed by atoms with Crippen molar-refractivity contribution in [3.8, 4) is 5.75 Å². The highest BCUT2D eigenvalue weighted by atomic mass is 32.2. The third-order valence-corrected chi connectivity index (χ3v) is 5.24. The van der Waals surface area contributed by atoms with Gasteiger partial charge in [0.15, 0.2) is 4.90 Å². The minimum absolute atomic E-state index is 0.304. The number of phenols is 1. The summed E-state index contributed by atoms with van der Waals surface area (Å²) in [5.74, 6) is 2.73. The first kappa shape index (κ1) is 11.3. The highest BCUT2D eigenvalue weighted by molar-refractivity contribution is 7.97. The predicted octanol–water partition coefficient (Wildman–Crippen LogP) is 3.56. The van der Waals surface area contributed by atoms with E-state index in [1.165, 1.54) is 21.8 Å². The van der Waals surface area contributed by atoms with Crippen LogP contribution >= 0.6 is 0 Å². The molecular weight excluding hydrogens is 216 g/mol. The Kier molecular flexibility index (Phi) is 3.39. The Morgan fingerprint density at radius 2 is 1.56 bits per heavy atom. The summed E-state index contributed by atoms with van der Waals surface area (Å²) in [5, 5.41) is 12.0. The molecule has 2 rings (SSSR count). The van der Waals surface area contributed by atoms with E-state index in [4.69, 9.17) is 0 Å². The Morgan fingerprint density at radius 3 is 2.25 bits per heavy atom. The summed E-state index contributed by atoms with van der Waals surface area (Å²) in [5.41, 5.74) is 0. The van der Waals surface area contributed by atoms with Gasteiger partial charge in [-0.2, -0.15) is 0 Å². The van der Waals surface area contributed by atoms with Crippen LogP contribution in [0.15, 0.2) is 41.3 Å². The van der Waals surface area contributed by atoms with E-state index in [9.17, 15) is 5.11 Å². The van der Waals surface area contributed by atoms with Gasteiger partial charge in [0, 0.05) is 21.7 Å². The first-order valence-electron chi connectivity index (χ1n) is 5.66. The average molecular weight is 233 g/mol. The maximum absolute atomic E-state index is 9.83. The maximum atomic E-state index is 9.83. The molecule has 0 aromatic heterocycles. The molecule has 84 valence electrons. The molecule has 0 atom stereocenters. The lowest BCUT2D eigenvalue weighted by Crippen LogP contribution is -2.08. The van der Waals surface area contributed by atoms with Gasteiger partial charge in [-0.25, -0.2) is 0 Å². The minimum Gasteiger partial charge on any atom is -0.507 e. The molecule has 0 saturated heterocycles. The van der Waals surface area contributed by atoms with Crippen molar-refractivity contribution in [2.45, 2.75) is 18.7 Å². The fraction of sp³-hybridized carbons (Fsp3) is 0.286. The second-order valence-electron chi connectivity index (χ2n) is 3.70. The summed E-state index contributed by atoms with van der Waals surface area (Å²) in [6.07, 6.45) is 0. The van der Waals surface area contributed by atoms with Crippen LogP contribution in [0, 0.1) is 0 Å². The normalized spacial score (nSPS) is 11.2. The fourth-order valence-electron chi connectivity index (χ4n) is 2.03. The van der Waals surface area contributed by atoms with Crippen molar-refractivity contribution < 1.29 is 5.11 Å². The Bertz CT molecular complexity index is 489. The number of phenolic OH excluding ortho intramolecular Hbond substituents is 1. The zero-order chi connectivity index (χ0) is 11.5. The van der Waals surface area contributed by atoms with Crippen LogP contribution < -0.4 is 0 Å². The first-order valence-corrected chi connectivity index (χ1v) is 7.22. The summed E-state index contributed by atoms with van der Waals surface area (Å²) in [7, 11) is 0.304. The largest absolute Gasteiger partial charge is 0.507 e. The molecule has 0 saturated carbocycles. The Labute approximate surface area is 99.5 Å². The van der Waals surface area contributed by atoms with Crippen LogP contribution in [0.4, 0.5) is 0 Å². The zero-order valence-corrected chi connectivity index (χ0v) is 10.6. The number of hydrogen-bond acceptors (Lipinski definition) is 1. The molecule has 0 radical (unpaired) electrons. The topological polar surface area (TPSA) is 20.2 Å². The zero-order valence-electron chi connectivity index (χ0n) is 9.73. The Hall–Kier alpha value is -1.15. The molecule has 0 bridgehead atoms. The molecule has 2 heteroatoms. The monoisotopic (exact) mass is 233 g/mol. The average Bonchev–Trinajstić information content (AvgIpc) is 2.32. The lowest BCUT2D eigenvalue weighted by Gasteiger charge is -2.07. The third-order valence-electron chi connectivity index (χ3n) is 2.87. The van der Waals surface area contributed by atoms with Crippen molar-refractivity contribution in [1.82, 2.24) is 0 Å². The molecule has 0 fully saturated rings. The summed E-state index contributed by atoms with van der Waals surface area (Å²) in [6, 6.07) is 12.0. The van der Waals surface area contributed by atoms with Crippen LogP contribution in [0.2, 0.25) is 0 Å². The van der Waals surface area contributed by atoms with E-state index >= 15 is 0 Å². The molecule has 0 aliphatic heterocycles. The summed E-state index contributed by atoms with van der Waals surface area (Å²) in [6.45, 7) is 4.46. The molecule has 0 amide bonds. The van der Waals surface area contributed by atoms with Gasteiger partial charge in [0.2, 0.25) is 0 Å². The molecule has 0 heterocycles. The molecule has 0 spiro atoms. The molecule has 1 N–H and O–H groups in total. The molecule has 0 aliphatic carbocycles. The van der Waals surface area contributed by atoms with E-state index in [1.807, 2.05) is 18.2 Å². The number of benzene rings is 2. The minimum atomic E-state index is 0.304. The van der Waals surface area contributed by atoms with Gasteiger partial charge >= 0.3 is 0 Å². The van der Waals surface area contributed by atoms with Crippen LogP contribution in [-0.4, -0.2) is 16.6 Å². The Morgan fingerprint density at radius 1 is 0.938 bits per heavy atom. The van der Waals surface area contributed by atoms with Crippen LogP contribution in [0.1, 0.15) is 13.8 Å². The highest BCUT2D eigenvalue weighted by Gasteiger charge is 2.20. The number of fused-ring (bicyclic) bond motifs is 1. The summed E-state index contributed by atoms with van der Waals surface area (Å²) >= 11 is 0. The number of aromatic hydroxyl groups is 1. The van der Waals surface area contributed by atoms with Crippen molar-refractivity contribution in [2.24, 2.45) is 0 Å². The standard InChI is InChI=1S/C14H16OS/c1-3-16(4-2)14-10-6-7-11-12(14)8-5-9-13(11)15/h5-10H,3-4H2,1-2H3/p+1. The lowest BCUT2D eigenvalue weighted by molar-refractivity contribution is 0.481. The number of rotatable bonds is 3.